The Kier molecular flexibility index (Phi) is 4.97. The molecular weight excluding hydrogens is 321 g/mol. The summed E-state index contributed by atoms with van der Waals surface area (Å²) in [6.45, 7) is 1.44. The lowest BCUT2D eigenvalue weighted by atomic mass is 10.1. The number of hydrogen-bond acceptors (Lipinski definition) is 3. The van der Waals surface area contributed by atoms with E-state index in [0.717, 1.165) is 18.5 Å². The minimum absolute atomic E-state index is 0.139. The van der Waals surface area contributed by atoms with Crippen molar-refractivity contribution < 1.29 is 14.0 Å². The molecule has 1 fully saturated rings. The summed E-state index contributed by atoms with van der Waals surface area (Å²) in [5, 5.41) is 8.85. The van der Waals surface area contributed by atoms with Crippen LogP contribution in [0.3, 0.4) is 0 Å². The van der Waals surface area contributed by atoms with Crippen molar-refractivity contribution in [2.45, 2.75) is 31.8 Å². The second-order valence-corrected chi connectivity index (χ2v) is 6.17. The lowest BCUT2D eigenvalue weighted by Crippen LogP contribution is -2.34. The van der Waals surface area contributed by atoms with Crippen molar-refractivity contribution in [2.75, 3.05) is 10.6 Å². The van der Waals surface area contributed by atoms with Crippen molar-refractivity contribution in [2.24, 2.45) is 0 Å². The molecule has 1 aliphatic carbocycles. The number of carbonyl (C=O) groups is 2. The smallest absolute Gasteiger partial charge is 0.247 e. The molecule has 0 radical (unpaired) electrons. The fourth-order valence-corrected chi connectivity index (χ4v) is 2.49. The van der Waals surface area contributed by atoms with E-state index in [1.807, 2.05) is 0 Å². The highest BCUT2D eigenvalue weighted by atomic mass is 19.1. The molecule has 0 spiro atoms. The monoisotopic (exact) mass is 341 g/mol. The number of anilines is 2. The zero-order valence-corrected chi connectivity index (χ0v) is 13.9. The molecule has 1 aliphatic rings. The van der Waals surface area contributed by atoms with Crippen LogP contribution < -0.4 is 16.0 Å². The number of nitrogens with one attached hydrogen (secondary N) is 3. The largest absolute Gasteiger partial charge is 0.370 e. The van der Waals surface area contributed by atoms with Gasteiger partial charge in [-0.15, -0.1) is 0 Å². The van der Waals surface area contributed by atoms with Gasteiger partial charge in [0.25, 0.3) is 0 Å². The maximum atomic E-state index is 13.2. The highest BCUT2D eigenvalue weighted by Gasteiger charge is 2.28. The topological polar surface area (TPSA) is 70.2 Å². The zero-order valence-electron chi connectivity index (χ0n) is 13.9. The minimum atomic E-state index is -0.618. The molecule has 0 heterocycles. The molecule has 130 valence electrons. The average Bonchev–Trinajstić information content (AvgIpc) is 3.38. The predicted octanol–water partition coefficient (Wildman–Crippen LogP) is 3.22. The van der Waals surface area contributed by atoms with Gasteiger partial charge in [-0.3, -0.25) is 9.59 Å². The Morgan fingerprint density at radius 1 is 1.00 bits per heavy atom. The van der Waals surface area contributed by atoms with Gasteiger partial charge in [-0.1, -0.05) is 12.1 Å². The van der Waals surface area contributed by atoms with Crippen LogP contribution in [-0.2, 0) is 9.59 Å². The van der Waals surface area contributed by atoms with E-state index in [0.29, 0.717) is 11.3 Å². The molecule has 6 heteroatoms. The molecule has 1 unspecified atom stereocenters. The van der Waals surface area contributed by atoms with Crippen LogP contribution in [0.5, 0.6) is 0 Å². The van der Waals surface area contributed by atoms with Crippen LogP contribution in [0.4, 0.5) is 15.8 Å². The van der Waals surface area contributed by atoms with Crippen LogP contribution in [0.1, 0.15) is 31.4 Å². The third-order valence-electron chi connectivity index (χ3n) is 3.91. The third-order valence-corrected chi connectivity index (χ3v) is 3.91. The maximum absolute atomic E-state index is 13.2. The van der Waals surface area contributed by atoms with Gasteiger partial charge in [0.2, 0.25) is 11.8 Å². The van der Waals surface area contributed by atoms with Crippen LogP contribution in [0.2, 0.25) is 0 Å². The highest BCUT2D eigenvalue weighted by molar-refractivity contribution is 5.89. The third kappa shape index (κ3) is 4.79. The van der Waals surface area contributed by atoms with E-state index in [1.54, 1.807) is 36.4 Å². The van der Waals surface area contributed by atoms with Gasteiger partial charge in [0.05, 0.1) is 0 Å². The molecule has 2 aromatic rings. The maximum Gasteiger partial charge on any atom is 0.247 e. The summed E-state index contributed by atoms with van der Waals surface area (Å²) in [5.41, 5.74) is 2.10. The Balaban J connectivity index is 1.77. The van der Waals surface area contributed by atoms with Gasteiger partial charge in [0.15, 0.2) is 0 Å². The Morgan fingerprint density at radius 2 is 1.60 bits per heavy atom. The number of carbonyl (C=O) groups excluding carboxylic acids is 2. The summed E-state index contributed by atoms with van der Waals surface area (Å²) in [6.07, 6.45) is 1.99. The fraction of sp³-hybridized carbons (Fsp3) is 0.263. The molecule has 2 amide bonds. The van der Waals surface area contributed by atoms with Gasteiger partial charge in [-0.25, -0.2) is 4.39 Å². The summed E-state index contributed by atoms with van der Waals surface area (Å²) in [4.78, 5) is 23.6. The van der Waals surface area contributed by atoms with Gasteiger partial charge >= 0.3 is 0 Å². The molecule has 0 bridgehead atoms. The van der Waals surface area contributed by atoms with Crippen molar-refractivity contribution in [3.63, 3.8) is 0 Å². The van der Waals surface area contributed by atoms with Crippen molar-refractivity contribution >= 4 is 23.2 Å². The molecule has 1 saturated carbocycles. The van der Waals surface area contributed by atoms with E-state index in [4.69, 9.17) is 0 Å². The lowest BCUT2D eigenvalue weighted by Gasteiger charge is -2.20. The summed E-state index contributed by atoms with van der Waals surface area (Å²) in [6, 6.07) is 12.6. The molecule has 0 aliphatic heterocycles. The number of halogens is 1. The first-order chi connectivity index (χ1) is 12.0. The molecule has 3 rings (SSSR count). The van der Waals surface area contributed by atoms with Gasteiger partial charge in [-0.05, 0) is 54.8 Å². The van der Waals surface area contributed by atoms with Crippen molar-refractivity contribution in [3.05, 3.63) is 59.9 Å². The van der Waals surface area contributed by atoms with Crippen molar-refractivity contribution in [1.82, 2.24) is 5.32 Å². The second-order valence-electron chi connectivity index (χ2n) is 6.17. The average molecular weight is 341 g/mol. The number of hydrogen-bond donors (Lipinski definition) is 3. The molecule has 2 aromatic carbocycles. The van der Waals surface area contributed by atoms with Gasteiger partial charge in [-0.2, -0.15) is 0 Å². The Morgan fingerprint density at radius 3 is 2.16 bits per heavy atom. The minimum Gasteiger partial charge on any atom is -0.370 e. The summed E-state index contributed by atoms with van der Waals surface area (Å²) in [7, 11) is 0. The first-order valence-corrected chi connectivity index (χ1v) is 8.21. The van der Waals surface area contributed by atoms with Crippen LogP contribution >= 0.6 is 0 Å². The summed E-state index contributed by atoms with van der Waals surface area (Å²) in [5.74, 6) is -0.626. The fourth-order valence-electron chi connectivity index (χ4n) is 2.49. The van der Waals surface area contributed by atoms with E-state index >= 15 is 0 Å². The van der Waals surface area contributed by atoms with E-state index in [2.05, 4.69) is 16.0 Å². The number of rotatable bonds is 6. The molecule has 25 heavy (non-hydrogen) atoms. The molecular formula is C19H20FN3O2. The van der Waals surface area contributed by atoms with E-state index in [-0.39, 0.29) is 23.7 Å². The van der Waals surface area contributed by atoms with E-state index in [1.165, 1.54) is 19.1 Å². The molecule has 5 nitrogen and oxygen atoms in total. The summed E-state index contributed by atoms with van der Waals surface area (Å²) >= 11 is 0. The van der Waals surface area contributed by atoms with E-state index in [9.17, 15) is 14.0 Å². The van der Waals surface area contributed by atoms with Gasteiger partial charge in [0.1, 0.15) is 11.9 Å². The second kappa shape index (κ2) is 7.34. The van der Waals surface area contributed by atoms with Crippen molar-refractivity contribution in [3.8, 4) is 0 Å². The first-order valence-electron chi connectivity index (χ1n) is 8.21. The van der Waals surface area contributed by atoms with Gasteiger partial charge in [0, 0.05) is 24.3 Å². The molecule has 0 aromatic heterocycles. The van der Waals surface area contributed by atoms with Crippen LogP contribution in [-0.4, -0.2) is 17.9 Å². The molecule has 3 N–H and O–H groups in total. The molecule has 0 saturated heterocycles. The summed E-state index contributed by atoms with van der Waals surface area (Å²) < 4.78 is 13.2. The first kappa shape index (κ1) is 17.0. The zero-order chi connectivity index (χ0) is 17.8. The quantitative estimate of drug-likeness (QED) is 0.755. The van der Waals surface area contributed by atoms with Crippen LogP contribution in [0, 0.1) is 5.82 Å². The lowest BCUT2D eigenvalue weighted by molar-refractivity contribution is -0.122. The van der Waals surface area contributed by atoms with E-state index < -0.39 is 6.04 Å². The van der Waals surface area contributed by atoms with Crippen molar-refractivity contribution in [1.29, 1.82) is 0 Å². The molecule has 1 atom stereocenters. The SMILES string of the molecule is CC(=O)Nc1ccc(NC(C(=O)NC2CC2)c2ccc(F)cc2)cc1. The Bertz CT molecular complexity index is 755. The standard InChI is InChI=1S/C19H20FN3O2/c1-12(24)21-15-6-8-16(9-7-15)22-18(19(25)23-17-10-11-17)13-2-4-14(20)5-3-13/h2-9,17-18,22H,10-11H2,1H3,(H,21,24)(H,23,25). The Hall–Kier alpha value is -2.89. The Labute approximate surface area is 145 Å². The van der Waals surface area contributed by atoms with Gasteiger partial charge < -0.3 is 16.0 Å². The van der Waals surface area contributed by atoms with Crippen LogP contribution in [0.15, 0.2) is 48.5 Å². The highest BCUT2D eigenvalue weighted by Crippen LogP contribution is 2.25. The normalized spacial score (nSPS) is 14.5. The number of amides is 2. The van der Waals surface area contributed by atoms with Crippen LogP contribution in [0.25, 0.3) is 0 Å². The number of benzene rings is 2. The predicted molar refractivity (Wildman–Crippen MR) is 94.7 cm³/mol.